The second-order valence-electron chi connectivity index (χ2n) is 4.72. The predicted octanol–water partition coefficient (Wildman–Crippen LogP) is 5.04. The van der Waals surface area contributed by atoms with Gasteiger partial charge in [-0.25, -0.2) is 0 Å². The Bertz CT molecular complexity index is 690. The van der Waals surface area contributed by atoms with E-state index < -0.39 is 0 Å². The number of furan rings is 1. The Morgan fingerprint density at radius 3 is 2.95 bits per heavy atom. The van der Waals surface area contributed by atoms with Gasteiger partial charge in [-0.05, 0) is 42.3 Å². The number of halogens is 1. The van der Waals surface area contributed by atoms with E-state index >= 15 is 0 Å². The zero-order chi connectivity index (χ0) is 13.9. The zero-order valence-electron chi connectivity index (χ0n) is 11.2. The molecule has 1 aromatic carbocycles. The van der Waals surface area contributed by atoms with Crippen molar-refractivity contribution in [2.75, 3.05) is 6.54 Å². The summed E-state index contributed by atoms with van der Waals surface area (Å²) in [5.74, 6) is 0.970. The van der Waals surface area contributed by atoms with Gasteiger partial charge in [0.25, 0.3) is 0 Å². The lowest BCUT2D eigenvalue weighted by molar-refractivity contribution is 0.436. The molecule has 0 radical (unpaired) electrons. The number of rotatable bonds is 5. The van der Waals surface area contributed by atoms with Crippen molar-refractivity contribution in [3.63, 3.8) is 0 Å². The van der Waals surface area contributed by atoms with E-state index in [0.717, 1.165) is 34.7 Å². The van der Waals surface area contributed by atoms with Crippen LogP contribution in [0.4, 0.5) is 0 Å². The van der Waals surface area contributed by atoms with E-state index in [0.29, 0.717) is 0 Å². The molecule has 2 nitrogen and oxygen atoms in total. The lowest BCUT2D eigenvalue weighted by Crippen LogP contribution is -2.22. The third-order valence-corrected chi connectivity index (χ3v) is 4.41. The van der Waals surface area contributed by atoms with Gasteiger partial charge in [0.2, 0.25) is 0 Å². The van der Waals surface area contributed by atoms with E-state index in [-0.39, 0.29) is 6.04 Å². The largest absolute Gasteiger partial charge is 0.459 e. The maximum atomic E-state index is 6.03. The van der Waals surface area contributed by atoms with Gasteiger partial charge in [0.05, 0.1) is 6.04 Å². The molecule has 0 saturated carbocycles. The first kappa shape index (κ1) is 13.7. The summed E-state index contributed by atoms with van der Waals surface area (Å²) in [5.41, 5.74) is 0.887. The molecule has 0 aliphatic rings. The normalized spacial score (nSPS) is 12.9. The topological polar surface area (TPSA) is 25.2 Å². The van der Waals surface area contributed by atoms with Crippen molar-refractivity contribution < 1.29 is 4.42 Å². The Kier molecular flexibility index (Phi) is 4.10. The van der Waals surface area contributed by atoms with E-state index in [1.165, 1.54) is 4.88 Å². The zero-order valence-corrected chi connectivity index (χ0v) is 12.8. The van der Waals surface area contributed by atoms with E-state index in [2.05, 4.69) is 35.8 Å². The van der Waals surface area contributed by atoms with Crippen LogP contribution < -0.4 is 5.32 Å². The lowest BCUT2D eigenvalue weighted by Gasteiger charge is -2.14. The highest BCUT2D eigenvalue weighted by atomic mass is 35.5. The number of hydrogen-bond acceptors (Lipinski definition) is 3. The molecular weight excluding hydrogens is 290 g/mol. The summed E-state index contributed by atoms with van der Waals surface area (Å²) in [4.78, 5) is 1.36. The number of nitrogens with one attached hydrogen (secondary N) is 1. The highest BCUT2D eigenvalue weighted by Crippen LogP contribution is 2.29. The van der Waals surface area contributed by atoms with Gasteiger partial charge in [-0.2, -0.15) is 0 Å². The van der Waals surface area contributed by atoms with Crippen LogP contribution in [0.3, 0.4) is 0 Å². The fourth-order valence-electron chi connectivity index (χ4n) is 2.36. The maximum absolute atomic E-state index is 6.03. The van der Waals surface area contributed by atoms with Crippen LogP contribution >= 0.6 is 22.9 Å². The maximum Gasteiger partial charge on any atom is 0.134 e. The summed E-state index contributed by atoms with van der Waals surface area (Å²) in [7, 11) is 0. The Morgan fingerprint density at radius 2 is 2.20 bits per heavy atom. The number of fused-ring (bicyclic) bond motifs is 1. The summed E-state index contributed by atoms with van der Waals surface area (Å²) in [5, 5.41) is 7.40. The molecule has 4 heteroatoms. The third-order valence-electron chi connectivity index (χ3n) is 3.28. The van der Waals surface area contributed by atoms with E-state index in [9.17, 15) is 0 Å². The van der Waals surface area contributed by atoms with E-state index in [1.807, 2.05) is 18.2 Å². The summed E-state index contributed by atoms with van der Waals surface area (Å²) in [6.45, 7) is 3.02. The van der Waals surface area contributed by atoms with Crippen molar-refractivity contribution in [2.45, 2.75) is 19.4 Å². The Balaban J connectivity index is 1.92. The van der Waals surface area contributed by atoms with Gasteiger partial charge in [-0.15, -0.1) is 11.3 Å². The van der Waals surface area contributed by atoms with Gasteiger partial charge in [-0.1, -0.05) is 24.6 Å². The molecule has 0 saturated heterocycles. The van der Waals surface area contributed by atoms with Gasteiger partial charge < -0.3 is 9.73 Å². The van der Waals surface area contributed by atoms with Crippen LogP contribution in [0.2, 0.25) is 5.02 Å². The van der Waals surface area contributed by atoms with Crippen LogP contribution in [0.5, 0.6) is 0 Å². The molecule has 0 fully saturated rings. The molecule has 3 aromatic rings. The molecule has 20 heavy (non-hydrogen) atoms. The molecule has 2 aromatic heterocycles. The first-order chi connectivity index (χ1) is 9.76. The number of benzene rings is 1. The molecule has 0 aliphatic carbocycles. The number of thiophene rings is 1. The van der Waals surface area contributed by atoms with Gasteiger partial charge in [0.15, 0.2) is 0 Å². The molecule has 3 rings (SSSR count). The third kappa shape index (κ3) is 2.90. The highest BCUT2D eigenvalue weighted by Gasteiger charge is 2.16. The highest BCUT2D eigenvalue weighted by molar-refractivity contribution is 7.09. The number of hydrogen-bond donors (Lipinski definition) is 1. The van der Waals surface area contributed by atoms with Crippen LogP contribution in [0.25, 0.3) is 11.0 Å². The first-order valence-corrected chi connectivity index (χ1v) is 7.97. The molecule has 2 heterocycles. The van der Waals surface area contributed by atoms with Crippen LogP contribution in [-0.4, -0.2) is 6.54 Å². The smallest absolute Gasteiger partial charge is 0.134 e. The average Bonchev–Trinajstić information content (AvgIpc) is 3.06. The number of likely N-dealkylation sites (N-methyl/N-ethyl adjacent to an activating group) is 1. The van der Waals surface area contributed by atoms with Gasteiger partial charge >= 0.3 is 0 Å². The Hall–Kier alpha value is -1.29. The fraction of sp³-hybridized carbons (Fsp3) is 0.250. The first-order valence-electron chi connectivity index (χ1n) is 6.71. The second-order valence-corrected chi connectivity index (χ2v) is 6.19. The van der Waals surface area contributed by atoms with Crippen molar-refractivity contribution in [3.05, 3.63) is 57.4 Å². The fourth-order valence-corrected chi connectivity index (χ4v) is 3.29. The molecule has 0 spiro atoms. The summed E-state index contributed by atoms with van der Waals surface area (Å²) >= 11 is 7.81. The second kappa shape index (κ2) is 6.00. The van der Waals surface area contributed by atoms with E-state index in [4.69, 9.17) is 16.0 Å². The minimum Gasteiger partial charge on any atom is -0.459 e. The summed E-state index contributed by atoms with van der Waals surface area (Å²) < 4.78 is 5.97. The monoisotopic (exact) mass is 305 g/mol. The van der Waals surface area contributed by atoms with Crippen LogP contribution in [0, 0.1) is 0 Å². The van der Waals surface area contributed by atoms with E-state index in [1.54, 1.807) is 11.3 Å². The van der Waals surface area contributed by atoms with Gasteiger partial charge in [0, 0.05) is 21.7 Å². The van der Waals surface area contributed by atoms with Crippen molar-refractivity contribution in [3.8, 4) is 0 Å². The molecule has 0 bridgehead atoms. The molecule has 1 unspecified atom stereocenters. The van der Waals surface area contributed by atoms with Crippen molar-refractivity contribution in [1.29, 1.82) is 0 Å². The van der Waals surface area contributed by atoms with Gasteiger partial charge in [0.1, 0.15) is 11.3 Å². The van der Waals surface area contributed by atoms with Crippen molar-refractivity contribution in [1.82, 2.24) is 5.32 Å². The Morgan fingerprint density at radius 1 is 1.30 bits per heavy atom. The molecule has 0 amide bonds. The SMILES string of the molecule is CCNC(Cc1cccs1)c1cc2cc(Cl)ccc2o1. The Labute approximate surface area is 127 Å². The van der Waals surface area contributed by atoms with Crippen LogP contribution in [0.1, 0.15) is 23.6 Å². The summed E-state index contributed by atoms with van der Waals surface area (Å²) in [6, 6.07) is 12.3. The molecule has 1 N–H and O–H groups in total. The molecular formula is C16H16ClNOS. The van der Waals surface area contributed by atoms with Crippen molar-refractivity contribution >= 4 is 33.9 Å². The van der Waals surface area contributed by atoms with Crippen LogP contribution in [0.15, 0.2) is 46.2 Å². The predicted molar refractivity (Wildman–Crippen MR) is 85.7 cm³/mol. The average molecular weight is 306 g/mol. The quantitative estimate of drug-likeness (QED) is 0.714. The van der Waals surface area contributed by atoms with Gasteiger partial charge in [-0.3, -0.25) is 0 Å². The molecule has 0 aliphatic heterocycles. The van der Waals surface area contributed by atoms with Crippen LogP contribution in [-0.2, 0) is 6.42 Å². The lowest BCUT2D eigenvalue weighted by atomic mass is 10.1. The minimum atomic E-state index is 0.199. The van der Waals surface area contributed by atoms with Crippen molar-refractivity contribution in [2.24, 2.45) is 0 Å². The summed E-state index contributed by atoms with van der Waals surface area (Å²) in [6.07, 6.45) is 0.944. The molecule has 104 valence electrons. The minimum absolute atomic E-state index is 0.199. The molecule has 1 atom stereocenters. The standard InChI is InChI=1S/C16H16ClNOS/c1-2-18-14(10-13-4-3-7-20-13)16-9-11-8-12(17)5-6-15(11)19-16/h3-9,14,18H,2,10H2,1H3.